The van der Waals surface area contributed by atoms with E-state index in [0.29, 0.717) is 0 Å². The Morgan fingerprint density at radius 3 is 3.00 bits per heavy atom. The number of aryl methyl sites for hydroxylation is 1. The molecule has 1 aliphatic heterocycles. The Morgan fingerprint density at radius 1 is 1.38 bits per heavy atom. The molecule has 1 aliphatic rings. The summed E-state index contributed by atoms with van der Waals surface area (Å²) in [7, 11) is 0. The Morgan fingerprint density at radius 2 is 2.19 bits per heavy atom. The van der Waals surface area contributed by atoms with E-state index in [-0.39, 0.29) is 6.10 Å². The van der Waals surface area contributed by atoms with E-state index in [2.05, 4.69) is 37.0 Å². The smallest absolute Gasteiger partial charge is 0.217 e. The van der Waals surface area contributed by atoms with Gasteiger partial charge in [0.1, 0.15) is 6.10 Å². The topological polar surface area (TPSA) is 22.1 Å². The molecule has 0 unspecified atom stereocenters. The van der Waals surface area contributed by atoms with Gasteiger partial charge in [-0.05, 0) is 25.0 Å². The maximum absolute atomic E-state index is 5.75. The molecule has 0 fully saturated rings. The van der Waals surface area contributed by atoms with Gasteiger partial charge in [0, 0.05) is 17.4 Å². The second kappa shape index (κ2) is 3.48. The second-order valence-corrected chi connectivity index (χ2v) is 4.38. The van der Waals surface area contributed by atoms with Crippen LogP contribution in [0.25, 0.3) is 10.9 Å². The van der Waals surface area contributed by atoms with Gasteiger partial charge in [-0.15, -0.1) is 0 Å². The molecule has 0 N–H and O–H groups in total. The second-order valence-electron chi connectivity index (χ2n) is 4.38. The van der Waals surface area contributed by atoms with E-state index < -0.39 is 0 Å². The fourth-order valence-electron chi connectivity index (χ4n) is 2.53. The van der Waals surface area contributed by atoms with Crippen molar-refractivity contribution in [2.45, 2.75) is 32.8 Å². The van der Waals surface area contributed by atoms with Crippen molar-refractivity contribution in [3.05, 3.63) is 35.4 Å². The van der Waals surface area contributed by atoms with E-state index in [0.717, 1.165) is 24.2 Å². The van der Waals surface area contributed by atoms with Crippen molar-refractivity contribution >= 4 is 10.9 Å². The minimum absolute atomic E-state index is 0.268. The summed E-state index contributed by atoms with van der Waals surface area (Å²) in [6.45, 7) is 4.30. The molecule has 0 aliphatic carbocycles. The van der Waals surface area contributed by atoms with Crippen LogP contribution in [-0.4, -0.2) is 11.1 Å². The van der Waals surface area contributed by atoms with Crippen LogP contribution in [-0.2, 0) is 12.8 Å². The summed E-state index contributed by atoms with van der Waals surface area (Å²) in [6, 6.07) is 8.32. The van der Waals surface area contributed by atoms with Gasteiger partial charge < -0.3 is 4.74 Å². The summed E-state index contributed by atoms with van der Waals surface area (Å²) in [5.74, 6) is 0.850. The van der Waals surface area contributed by atoms with Gasteiger partial charge in [0.2, 0.25) is 5.88 Å². The molecule has 3 rings (SSSR count). The van der Waals surface area contributed by atoms with Crippen LogP contribution in [0.4, 0.5) is 0 Å². The first-order chi connectivity index (χ1) is 7.79. The molecule has 82 valence electrons. The highest BCUT2D eigenvalue weighted by molar-refractivity contribution is 5.84. The molecule has 2 heterocycles. The fraction of sp³-hybridized carbons (Fsp3) is 0.357. The summed E-state index contributed by atoms with van der Waals surface area (Å²) in [4.78, 5) is 4.59. The van der Waals surface area contributed by atoms with E-state index in [4.69, 9.17) is 4.74 Å². The number of hydrogen-bond donors (Lipinski definition) is 0. The average molecular weight is 213 g/mol. The van der Waals surface area contributed by atoms with Gasteiger partial charge in [0.15, 0.2) is 0 Å². The lowest BCUT2D eigenvalue weighted by atomic mass is 9.99. The molecule has 0 amide bonds. The SMILES string of the molecule is CCc1c2c(nc3ccccc13)O[C@H](C)C2. The number of pyridine rings is 1. The van der Waals surface area contributed by atoms with E-state index >= 15 is 0 Å². The number of rotatable bonds is 1. The summed E-state index contributed by atoms with van der Waals surface area (Å²) in [6.07, 6.45) is 2.31. The Hall–Kier alpha value is -1.57. The minimum Gasteiger partial charge on any atom is -0.474 e. The van der Waals surface area contributed by atoms with Crippen molar-refractivity contribution in [3.8, 4) is 5.88 Å². The summed E-state index contributed by atoms with van der Waals surface area (Å²) < 4.78 is 5.75. The van der Waals surface area contributed by atoms with E-state index in [1.807, 2.05) is 6.07 Å². The molecule has 1 aromatic heterocycles. The van der Waals surface area contributed by atoms with Crippen LogP contribution in [0.2, 0.25) is 0 Å². The van der Waals surface area contributed by atoms with Gasteiger partial charge in [-0.2, -0.15) is 0 Å². The number of para-hydroxylation sites is 1. The number of aromatic nitrogens is 1. The standard InChI is InChI=1S/C14H15NO/c1-3-10-11-6-4-5-7-13(11)15-14-12(10)8-9(2)16-14/h4-7,9H,3,8H2,1-2H3/t9-/m1/s1. The first-order valence-corrected chi connectivity index (χ1v) is 5.86. The number of ether oxygens (including phenoxy) is 1. The van der Waals surface area contributed by atoms with Gasteiger partial charge in [0.25, 0.3) is 0 Å². The molecule has 2 heteroatoms. The highest BCUT2D eigenvalue weighted by Crippen LogP contribution is 2.34. The molecule has 0 bridgehead atoms. The van der Waals surface area contributed by atoms with E-state index in [1.54, 1.807) is 0 Å². The van der Waals surface area contributed by atoms with Crippen LogP contribution >= 0.6 is 0 Å². The lowest BCUT2D eigenvalue weighted by molar-refractivity contribution is 0.247. The zero-order valence-corrected chi connectivity index (χ0v) is 9.66. The number of hydrogen-bond acceptors (Lipinski definition) is 2. The summed E-state index contributed by atoms with van der Waals surface area (Å²) in [5.41, 5.74) is 3.77. The van der Waals surface area contributed by atoms with Gasteiger partial charge in [-0.3, -0.25) is 0 Å². The average Bonchev–Trinajstić information content (AvgIpc) is 2.65. The van der Waals surface area contributed by atoms with Crippen molar-refractivity contribution in [1.82, 2.24) is 4.98 Å². The number of benzene rings is 1. The predicted molar refractivity (Wildman–Crippen MR) is 64.9 cm³/mol. The van der Waals surface area contributed by atoms with Crippen molar-refractivity contribution in [2.75, 3.05) is 0 Å². The Bertz CT molecular complexity index is 548. The van der Waals surface area contributed by atoms with Crippen molar-refractivity contribution < 1.29 is 4.74 Å². The molecule has 16 heavy (non-hydrogen) atoms. The molecule has 1 atom stereocenters. The molecule has 2 aromatic rings. The fourth-order valence-corrected chi connectivity index (χ4v) is 2.53. The van der Waals surface area contributed by atoms with Gasteiger partial charge in [0.05, 0.1) is 5.52 Å². The predicted octanol–water partition coefficient (Wildman–Crippen LogP) is 3.12. The maximum atomic E-state index is 5.75. The van der Waals surface area contributed by atoms with Crippen LogP contribution in [0.15, 0.2) is 24.3 Å². The monoisotopic (exact) mass is 213 g/mol. The molecule has 0 radical (unpaired) electrons. The van der Waals surface area contributed by atoms with E-state index in [9.17, 15) is 0 Å². The van der Waals surface area contributed by atoms with Crippen LogP contribution in [0.3, 0.4) is 0 Å². The third-order valence-electron chi connectivity index (χ3n) is 3.23. The van der Waals surface area contributed by atoms with Crippen molar-refractivity contribution in [2.24, 2.45) is 0 Å². The van der Waals surface area contributed by atoms with Gasteiger partial charge in [-0.25, -0.2) is 4.98 Å². The summed E-state index contributed by atoms with van der Waals surface area (Å²) >= 11 is 0. The lowest BCUT2D eigenvalue weighted by Crippen LogP contribution is -2.05. The number of nitrogens with zero attached hydrogens (tertiary/aromatic N) is 1. The van der Waals surface area contributed by atoms with Crippen LogP contribution < -0.4 is 4.74 Å². The molecule has 2 nitrogen and oxygen atoms in total. The van der Waals surface area contributed by atoms with Crippen molar-refractivity contribution in [1.29, 1.82) is 0 Å². The molecule has 0 spiro atoms. The van der Waals surface area contributed by atoms with E-state index in [1.165, 1.54) is 16.5 Å². The number of fused-ring (bicyclic) bond motifs is 2. The first-order valence-electron chi connectivity index (χ1n) is 5.86. The van der Waals surface area contributed by atoms with Crippen LogP contribution in [0, 0.1) is 0 Å². The van der Waals surface area contributed by atoms with Crippen LogP contribution in [0.5, 0.6) is 5.88 Å². The Kier molecular flexibility index (Phi) is 2.10. The largest absolute Gasteiger partial charge is 0.474 e. The quantitative estimate of drug-likeness (QED) is 0.726. The molecule has 0 saturated carbocycles. The zero-order valence-electron chi connectivity index (χ0n) is 9.66. The van der Waals surface area contributed by atoms with Gasteiger partial charge in [-0.1, -0.05) is 25.1 Å². The molecule has 0 saturated heterocycles. The zero-order chi connectivity index (χ0) is 11.1. The van der Waals surface area contributed by atoms with Crippen molar-refractivity contribution in [3.63, 3.8) is 0 Å². The normalized spacial score (nSPS) is 18.5. The van der Waals surface area contributed by atoms with Gasteiger partial charge >= 0.3 is 0 Å². The third kappa shape index (κ3) is 1.29. The molecule has 1 aromatic carbocycles. The minimum atomic E-state index is 0.268. The van der Waals surface area contributed by atoms with Crippen LogP contribution in [0.1, 0.15) is 25.0 Å². The Balaban J connectivity index is 2.34. The lowest BCUT2D eigenvalue weighted by Gasteiger charge is -2.08. The first kappa shape index (κ1) is 9.64. The maximum Gasteiger partial charge on any atom is 0.217 e. The highest BCUT2D eigenvalue weighted by atomic mass is 16.5. The molecular formula is C14H15NO. The third-order valence-corrected chi connectivity index (χ3v) is 3.23. The highest BCUT2D eigenvalue weighted by Gasteiger charge is 2.24. The Labute approximate surface area is 95.3 Å². The molecular weight excluding hydrogens is 198 g/mol. The summed E-state index contributed by atoms with van der Waals surface area (Å²) in [5, 5.41) is 1.28.